The monoisotopic (exact) mass is 540 g/mol. The maximum absolute atomic E-state index is 12.6. The van der Waals surface area contributed by atoms with Gasteiger partial charge in [-0.25, -0.2) is 0 Å². The van der Waals surface area contributed by atoms with E-state index in [0.717, 1.165) is 17.7 Å². The molecule has 1 N–H and O–H groups in total. The van der Waals surface area contributed by atoms with Gasteiger partial charge in [0.15, 0.2) is 0 Å². The smallest absolute Gasteiger partial charge is 0.256 e. The Bertz CT molecular complexity index is 810. The van der Waals surface area contributed by atoms with Crippen molar-refractivity contribution < 1.29 is 29.0 Å². The Morgan fingerprint density at radius 1 is 1.22 bits per heavy atom. The van der Waals surface area contributed by atoms with Gasteiger partial charge in [0, 0.05) is 45.2 Å². The highest BCUT2D eigenvalue weighted by molar-refractivity contribution is 6.25. The van der Waals surface area contributed by atoms with Crippen molar-refractivity contribution >= 4 is 29.3 Å². The van der Waals surface area contributed by atoms with Crippen LogP contribution < -0.4 is 0 Å². The summed E-state index contributed by atoms with van der Waals surface area (Å²) in [7, 11) is 4.88. The average Bonchev–Trinajstić information content (AvgIpc) is 3.23. The summed E-state index contributed by atoms with van der Waals surface area (Å²) in [5.74, 6) is -0.670. The van der Waals surface area contributed by atoms with Crippen molar-refractivity contribution in [3.8, 4) is 0 Å². The molecule has 2 atom stereocenters. The fourth-order valence-electron chi connectivity index (χ4n) is 4.12. The number of allylic oxidation sites excluding steroid dienone is 2. The highest BCUT2D eigenvalue weighted by Crippen LogP contribution is 2.18. The molecule has 0 bridgehead atoms. The van der Waals surface area contributed by atoms with Crippen LogP contribution in [0.4, 0.5) is 0 Å². The number of β-amino-alcohol motifs (C(OH)–C–C–N with tert-alkyl or cyclic N) is 1. The highest BCUT2D eigenvalue weighted by Gasteiger charge is 2.32. The second kappa shape index (κ2) is 19.0. The summed E-state index contributed by atoms with van der Waals surface area (Å²) in [6.45, 7) is 2.47. The quantitative estimate of drug-likeness (QED) is 0.117. The van der Waals surface area contributed by atoms with Crippen LogP contribution in [-0.4, -0.2) is 79.2 Å². The lowest BCUT2D eigenvalue weighted by atomic mass is 10.1. The van der Waals surface area contributed by atoms with Gasteiger partial charge in [-0.1, -0.05) is 62.8 Å². The van der Waals surface area contributed by atoms with Gasteiger partial charge >= 0.3 is 0 Å². The van der Waals surface area contributed by atoms with E-state index in [2.05, 4.69) is 13.0 Å². The van der Waals surface area contributed by atoms with Crippen molar-refractivity contribution in [2.45, 2.75) is 89.8 Å². The molecule has 1 rings (SSSR count). The van der Waals surface area contributed by atoms with Gasteiger partial charge in [0.25, 0.3) is 5.91 Å². The highest BCUT2D eigenvalue weighted by atomic mass is 35.5. The minimum Gasteiger partial charge on any atom is -0.501 e. The van der Waals surface area contributed by atoms with E-state index in [-0.39, 0.29) is 37.9 Å². The van der Waals surface area contributed by atoms with Gasteiger partial charge in [-0.2, -0.15) is 0 Å². The Morgan fingerprint density at radius 2 is 1.95 bits per heavy atom. The maximum Gasteiger partial charge on any atom is 0.256 e. The Hall–Kier alpha value is -2.16. The number of nitrogens with zero attached hydrogens (tertiary/aromatic N) is 2. The summed E-state index contributed by atoms with van der Waals surface area (Å²) >= 11 is 5.98. The Labute approximate surface area is 227 Å². The number of likely N-dealkylation sites (N-methyl/N-ethyl adjacent to an activating group) is 1. The first-order chi connectivity index (χ1) is 17.7. The molecule has 37 heavy (non-hydrogen) atoms. The lowest BCUT2D eigenvalue weighted by Crippen LogP contribution is -2.32. The average molecular weight is 541 g/mol. The van der Waals surface area contributed by atoms with E-state index in [1.54, 1.807) is 19.1 Å². The normalized spacial score (nSPS) is 17.5. The number of hydrogen-bond donors (Lipinski definition) is 1. The topological polar surface area (TPSA) is 96.4 Å². The summed E-state index contributed by atoms with van der Waals surface area (Å²) in [6.07, 6.45) is 14.0. The molecule has 1 aliphatic heterocycles. The van der Waals surface area contributed by atoms with Crippen LogP contribution in [0, 0.1) is 0 Å². The molecular weight excluding hydrogens is 496 g/mol. The molecule has 2 unspecified atom stereocenters. The van der Waals surface area contributed by atoms with E-state index >= 15 is 0 Å². The minimum absolute atomic E-state index is 0.0180. The molecule has 0 spiro atoms. The first kappa shape index (κ1) is 32.9. The van der Waals surface area contributed by atoms with E-state index in [1.807, 2.05) is 6.08 Å². The Kier molecular flexibility index (Phi) is 16.9. The zero-order valence-electron chi connectivity index (χ0n) is 22.9. The molecule has 1 saturated heterocycles. The lowest BCUT2D eigenvalue weighted by molar-refractivity contribution is -0.139. The number of carbonyl (C=O) groups is 3. The number of amides is 3. The molecule has 0 aliphatic carbocycles. The van der Waals surface area contributed by atoms with Crippen LogP contribution in [0.2, 0.25) is 0 Å². The molecule has 0 saturated carbocycles. The molecule has 0 radical (unpaired) electrons. The van der Waals surface area contributed by atoms with E-state index < -0.39 is 17.9 Å². The van der Waals surface area contributed by atoms with Crippen LogP contribution in [0.25, 0.3) is 0 Å². The van der Waals surface area contributed by atoms with E-state index in [4.69, 9.17) is 21.1 Å². The summed E-state index contributed by atoms with van der Waals surface area (Å²) in [5, 5.41) is 9.59. The van der Waals surface area contributed by atoms with Crippen molar-refractivity contribution in [1.82, 2.24) is 9.80 Å². The predicted molar refractivity (Wildman–Crippen MR) is 146 cm³/mol. The van der Waals surface area contributed by atoms with Crippen molar-refractivity contribution in [2.75, 3.05) is 34.4 Å². The number of halogens is 1. The maximum atomic E-state index is 12.6. The number of hydrogen-bond acceptors (Lipinski definition) is 6. The van der Waals surface area contributed by atoms with Crippen molar-refractivity contribution in [2.24, 2.45) is 0 Å². The van der Waals surface area contributed by atoms with Gasteiger partial charge in [-0.05, 0) is 24.8 Å². The summed E-state index contributed by atoms with van der Waals surface area (Å²) in [5.41, 5.74) is 2.06. The van der Waals surface area contributed by atoms with Crippen LogP contribution >= 0.6 is 11.6 Å². The molecule has 9 heteroatoms. The number of carbonyl (C=O) groups excluding carboxylic acids is 3. The zero-order chi connectivity index (χ0) is 27.6. The number of aliphatic hydroxyl groups is 1. The van der Waals surface area contributed by atoms with Gasteiger partial charge in [0.2, 0.25) is 11.8 Å². The third kappa shape index (κ3) is 13.3. The summed E-state index contributed by atoms with van der Waals surface area (Å²) in [6, 6.07) is 0. The Morgan fingerprint density at radius 3 is 2.54 bits per heavy atom. The van der Waals surface area contributed by atoms with E-state index in [0.29, 0.717) is 24.2 Å². The standard InChI is InChI=1S/C28H45ClN2O6/c1-5-6-7-8-10-13-24(36-3)14-11-9-12-15-26(33)30(2)20-22(19-29)16-25(37-4)18-28(35)31-21-23(32)17-27(31)34/h9,11,18-19,23-24,32H,5-8,10,12-17,20-21H2,1-4H3/b11-9+,22-19-,25-18+. The first-order valence-electron chi connectivity index (χ1n) is 13.2. The molecule has 8 nitrogen and oxygen atoms in total. The van der Waals surface area contributed by atoms with Crippen molar-refractivity contribution in [3.63, 3.8) is 0 Å². The molecule has 0 aromatic rings. The largest absolute Gasteiger partial charge is 0.501 e. The van der Waals surface area contributed by atoms with Crippen LogP contribution in [-0.2, 0) is 23.9 Å². The second-order valence-corrected chi connectivity index (χ2v) is 9.73. The summed E-state index contributed by atoms with van der Waals surface area (Å²) < 4.78 is 10.9. The molecule has 210 valence electrons. The van der Waals surface area contributed by atoms with Crippen LogP contribution in [0.1, 0.15) is 77.6 Å². The fourth-order valence-corrected chi connectivity index (χ4v) is 4.26. The molecule has 1 heterocycles. The van der Waals surface area contributed by atoms with Crippen molar-refractivity contribution in [3.05, 3.63) is 35.1 Å². The number of imide groups is 1. The lowest BCUT2D eigenvalue weighted by Gasteiger charge is -2.19. The molecule has 0 aromatic carbocycles. The number of unbranched alkanes of at least 4 members (excludes halogenated alkanes) is 4. The number of ether oxygens (including phenoxy) is 2. The number of methoxy groups -OCH3 is 2. The van der Waals surface area contributed by atoms with E-state index in [9.17, 15) is 19.5 Å². The Balaban J connectivity index is 2.45. The minimum atomic E-state index is -0.842. The predicted octanol–water partition coefficient (Wildman–Crippen LogP) is 4.71. The van der Waals surface area contributed by atoms with Gasteiger partial charge in [0.05, 0.1) is 32.3 Å². The van der Waals surface area contributed by atoms with Crippen LogP contribution in [0.15, 0.2) is 35.1 Å². The van der Waals surface area contributed by atoms with E-state index in [1.165, 1.54) is 50.8 Å². The first-order valence-corrected chi connectivity index (χ1v) is 13.7. The van der Waals surface area contributed by atoms with Crippen LogP contribution in [0.3, 0.4) is 0 Å². The SMILES string of the molecule is CCCCCCCC(C/C=C/CCC(=O)N(C)C/C(=C\Cl)C/C(=C\C(=O)N1CC(O)CC1=O)OC)OC. The third-order valence-electron chi connectivity index (χ3n) is 6.39. The van der Waals surface area contributed by atoms with Crippen molar-refractivity contribution in [1.29, 1.82) is 0 Å². The molecule has 1 fully saturated rings. The van der Waals surface area contributed by atoms with Crippen LogP contribution in [0.5, 0.6) is 0 Å². The number of aliphatic hydroxyl groups excluding tert-OH is 1. The third-order valence-corrected chi connectivity index (χ3v) is 6.70. The molecule has 0 aromatic heterocycles. The number of rotatable bonds is 18. The van der Waals surface area contributed by atoms with Gasteiger partial charge < -0.3 is 19.5 Å². The molecular formula is C28H45ClN2O6. The fraction of sp³-hybridized carbons (Fsp3) is 0.679. The molecule has 3 amide bonds. The van der Waals surface area contributed by atoms with Gasteiger partial charge in [-0.15, -0.1) is 0 Å². The van der Waals surface area contributed by atoms with Gasteiger partial charge in [-0.3, -0.25) is 19.3 Å². The zero-order valence-corrected chi connectivity index (χ0v) is 23.7. The summed E-state index contributed by atoms with van der Waals surface area (Å²) in [4.78, 5) is 39.4. The van der Waals surface area contributed by atoms with Gasteiger partial charge in [0.1, 0.15) is 5.76 Å². The number of likely N-dealkylation sites (tertiary alicyclic amines) is 1. The molecule has 1 aliphatic rings. The second-order valence-electron chi connectivity index (χ2n) is 9.52.